The number of rotatable bonds is 5. The van der Waals surface area contributed by atoms with E-state index in [1.807, 2.05) is 26.8 Å². The SMILES string of the molecule is CC(NC(=O)CC(O)c1ccccc1)C(=O)NC(C)(C)C. The Labute approximate surface area is 125 Å². The van der Waals surface area contributed by atoms with Crippen molar-refractivity contribution in [3.05, 3.63) is 35.9 Å². The van der Waals surface area contributed by atoms with E-state index in [9.17, 15) is 14.7 Å². The molecule has 1 aromatic carbocycles. The Hall–Kier alpha value is -1.88. The van der Waals surface area contributed by atoms with Gasteiger partial charge in [-0.25, -0.2) is 0 Å². The Morgan fingerprint density at radius 3 is 2.29 bits per heavy atom. The highest BCUT2D eigenvalue weighted by atomic mass is 16.3. The molecule has 1 aromatic rings. The van der Waals surface area contributed by atoms with E-state index in [2.05, 4.69) is 10.6 Å². The van der Waals surface area contributed by atoms with E-state index in [0.717, 1.165) is 0 Å². The van der Waals surface area contributed by atoms with Crippen LogP contribution in [0.15, 0.2) is 30.3 Å². The zero-order valence-corrected chi connectivity index (χ0v) is 13.0. The van der Waals surface area contributed by atoms with Crippen molar-refractivity contribution >= 4 is 11.8 Å². The first-order valence-corrected chi connectivity index (χ1v) is 7.03. The molecule has 0 fully saturated rings. The first-order valence-electron chi connectivity index (χ1n) is 7.03. The molecule has 0 saturated carbocycles. The van der Waals surface area contributed by atoms with Crippen molar-refractivity contribution in [2.45, 2.75) is 51.8 Å². The number of carbonyl (C=O) groups excluding carboxylic acids is 2. The summed E-state index contributed by atoms with van der Waals surface area (Å²) in [5.41, 5.74) is 0.332. The second-order valence-corrected chi connectivity index (χ2v) is 6.16. The molecule has 3 N–H and O–H groups in total. The quantitative estimate of drug-likeness (QED) is 0.770. The van der Waals surface area contributed by atoms with Crippen molar-refractivity contribution in [2.24, 2.45) is 0 Å². The average Bonchev–Trinajstić information content (AvgIpc) is 2.37. The molecule has 0 aliphatic heterocycles. The van der Waals surface area contributed by atoms with Crippen LogP contribution in [0.3, 0.4) is 0 Å². The second-order valence-electron chi connectivity index (χ2n) is 6.16. The molecule has 0 heterocycles. The Bertz CT molecular complexity index is 480. The Morgan fingerprint density at radius 2 is 1.76 bits per heavy atom. The third-order valence-electron chi connectivity index (χ3n) is 2.83. The molecule has 0 saturated heterocycles. The number of nitrogens with one attached hydrogen (secondary N) is 2. The minimum atomic E-state index is -0.871. The van der Waals surface area contributed by atoms with Gasteiger partial charge in [0, 0.05) is 5.54 Å². The third-order valence-corrected chi connectivity index (χ3v) is 2.83. The lowest BCUT2D eigenvalue weighted by molar-refractivity contribution is -0.130. The highest BCUT2D eigenvalue weighted by molar-refractivity contribution is 5.87. The number of benzene rings is 1. The van der Waals surface area contributed by atoms with E-state index in [0.29, 0.717) is 5.56 Å². The number of carbonyl (C=O) groups is 2. The molecule has 0 radical (unpaired) electrons. The van der Waals surface area contributed by atoms with Gasteiger partial charge in [-0.05, 0) is 33.3 Å². The maximum atomic E-state index is 11.9. The van der Waals surface area contributed by atoms with Crippen molar-refractivity contribution in [1.29, 1.82) is 0 Å². The van der Waals surface area contributed by atoms with Crippen molar-refractivity contribution in [3.8, 4) is 0 Å². The summed E-state index contributed by atoms with van der Waals surface area (Å²) >= 11 is 0. The van der Waals surface area contributed by atoms with Crippen LogP contribution in [0.1, 0.15) is 45.8 Å². The lowest BCUT2D eigenvalue weighted by Gasteiger charge is -2.24. The van der Waals surface area contributed by atoms with E-state index in [4.69, 9.17) is 0 Å². The summed E-state index contributed by atoms with van der Waals surface area (Å²) in [6.07, 6.45) is -0.943. The van der Waals surface area contributed by atoms with Crippen molar-refractivity contribution in [3.63, 3.8) is 0 Å². The third kappa shape index (κ3) is 6.40. The highest BCUT2D eigenvalue weighted by Gasteiger charge is 2.21. The molecule has 0 aromatic heterocycles. The van der Waals surface area contributed by atoms with E-state index in [1.165, 1.54) is 0 Å². The summed E-state index contributed by atoms with van der Waals surface area (Å²) in [6.45, 7) is 7.24. The molecule has 5 nitrogen and oxygen atoms in total. The summed E-state index contributed by atoms with van der Waals surface area (Å²) in [7, 11) is 0. The summed E-state index contributed by atoms with van der Waals surface area (Å²) in [5.74, 6) is -0.604. The summed E-state index contributed by atoms with van der Waals surface area (Å²) in [6, 6.07) is 8.32. The second kappa shape index (κ2) is 7.22. The molecular weight excluding hydrogens is 268 g/mol. The van der Waals surface area contributed by atoms with Crippen molar-refractivity contribution < 1.29 is 14.7 Å². The van der Waals surface area contributed by atoms with Gasteiger partial charge in [-0.15, -0.1) is 0 Å². The molecule has 116 valence electrons. The topological polar surface area (TPSA) is 78.4 Å². The molecular formula is C16H24N2O3. The standard InChI is InChI=1S/C16H24N2O3/c1-11(15(21)18-16(2,3)4)17-14(20)10-13(19)12-8-6-5-7-9-12/h5-9,11,13,19H,10H2,1-4H3,(H,17,20)(H,18,21). The van der Waals surface area contributed by atoms with E-state index in [1.54, 1.807) is 31.2 Å². The largest absolute Gasteiger partial charge is 0.388 e. The molecule has 5 heteroatoms. The summed E-state index contributed by atoms with van der Waals surface area (Å²) < 4.78 is 0. The van der Waals surface area contributed by atoms with Crippen molar-refractivity contribution in [1.82, 2.24) is 10.6 Å². The molecule has 0 spiro atoms. The van der Waals surface area contributed by atoms with Gasteiger partial charge in [-0.1, -0.05) is 30.3 Å². The Balaban J connectivity index is 2.48. The van der Waals surface area contributed by atoms with Crippen LogP contribution >= 0.6 is 0 Å². The predicted molar refractivity (Wildman–Crippen MR) is 81.5 cm³/mol. The minimum Gasteiger partial charge on any atom is -0.388 e. The average molecular weight is 292 g/mol. The van der Waals surface area contributed by atoms with Crippen LogP contribution < -0.4 is 10.6 Å². The number of aliphatic hydroxyl groups excluding tert-OH is 1. The summed E-state index contributed by atoms with van der Waals surface area (Å²) in [5, 5.41) is 15.4. The van der Waals surface area contributed by atoms with Gasteiger partial charge in [-0.2, -0.15) is 0 Å². The van der Waals surface area contributed by atoms with Crippen LogP contribution in [0.4, 0.5) is 0 Å². The fraction of sp³-hybridized carbons (Fsp3) is 0.500. The number of hydrogen-bond acceptors (Lipinski definition) is 3. The molecule has 2 atom stereocenters. The maximum absolute atomic E-state index is 11.9. The lowest BCUT2D eigenvalue weighted by atomic mass is 10.1. The van der Waals surface area contributed by atoms with Gasteiger partial charge in [0.1, 0.15) is 6.04 Å². The molecule has 0 bridgehead atoms. The van der Waals surface area contributed by atoms with Crippen LogP contribution in [0.2, 0.25) is 0 Å². The fourth-order valence-electron chi connectivity index (χ4n) is 1.81. The van der Waals surface area contributed by atoms with Crippen LogP contribution in [0.25, 0.3) is 0 Å². The number of hydrogen-bond donors (Lipinski definition) is 3. The first-order chi connectivity index (χ1) is 9.69. The maximum Gasteiger partial charge on any atom is 0.242 e. The molecule has 21 heavy (non-hydrogen) atoms. The van der Waals surface area contributed by atoms with Gasteiger partial charge in [0.15, 0.2) is 0 Å². The Kier molecular flexibility index (Phi) is 5.90. The minimum absolute atomic E-state index is 0.0723. The molecule has 2 amide bonds. The smallest absolute Gasteiger partial charge is 0.242 e. The molecule has 1 rings (SSSR count). The van der Waals surface area contributed by atoms with Crippen LogP contribution in [0.5, 0.6) is 0 Å². The van der Waals surface area contributed by atoms with Crippen molar-refractivity contribution in [2.75, 3.05) is 0 Å². The molecule has 0 aliphatic rings. The van der Waals surface area contributed by atoms with Gasteiger partial charge >= 0.3 is 0 Å². The summed E-state index contributed by atoms with van der Waals surface area (Å²) in [4.78, 5) is 23.7. The van der Waals surface area contributed by atoms with Gasteiger partial charge in [-0.3, -0.25) is 9.59 Å². The monoisotopic (exact) mass is 292 g/mol. The number of amides is 2. The van der Waals surface area contributed by atoms with Crippen LogP contribution in [0, 0.1) is 0 Å². The zero-order valence-electron chi connectivity index (χ0n) is 13.0. The number of aliphatic hydroxyl groups is 1. The van der Waals surface area contributed by atoms with Gasteiger partial charge in [0.2, 0.25) is 11.8 Å². The molecule has 0 aliphatic carbocycles. The normalized spacial score (nSPS) is 14.1. The molecule has 2 unspecified atom stereocenters. The van der Waals surface area contributed by atoms with Gasteiger partial charge in [0.05, 0.1) is 12.5 Å². The zero-order chi connectivity index (χ0) is 16.0. The van der Waals surface area contributed by atoms with E-state index < -0.39 is 12.1 Å². The Morgan fingerprint density at radius 1 is 1.19 bits per heavy atom. The van der Waals surface area contributed by atoms with Crippen LogP contribution in [-0.4, -0.2) is 28.5 Å². The fourth-order valence-corrected chi connectivity index (χ4v) is 1.81. The van der Waals surface area contributed by atoms with E-state index in [-0.39, 0.29) is 23.8 Å². The van der Waals surface area contributed by atoms with Crippen LogP contribution in [-0.2, 0) is 9.59 Å². The predicted octanol–water partition coefficient (Wildman–Crippen LogP) is 1.53. The van der Waals surface area contributed by atoms with Gasteiger partial charge < -0.3 is 15.7 Å². The van der Waals surface area contributed by atoms with E-state index >= 15 is 0 Å². The van der Waals surface area contributed by atoms with Gasteiger partial charge in [0.25, 0.3) is 0 Å². The first kappa shape index (κ1) is 17.2. The lowest BCUT2D eigenvalue weighted by Crippen LogP contribution is -2.51. The highest BCUT2D eigenvalue weighted by Crippen LogP contribution is 2.15.